The van der Waals surface area contributed by atoms with Gasteiger partial charge in [-0.1, -0.05) is 91.7 Å². The summed E-state index contributed by atoms with van der Waals surface area (Å²) in [5, 5.41) is 2.94. The monoisotopic (exact) mass is 643 g/mol. The van der Waals surface area contributed by atoms with Crippen LogP contribution < -0.4 is 9.62 Å². The lowest BCUT2D eigenvalue weighted by atomic mass is 10.0. The van der Waals surface area contributed by atoms with Gasteiger partial charge in [0.25, 0.3) is 10.0 Å². The van der Waals surface area contributed by atoms with Gasteiger partial charge in [0.15, 0.2) is 0 Å². The lowest BCUT2D eigenvalue weighted by Crippen LogP contribution is -2.53. The van der Waals surface area contributed by atoms with E-state index in [1.807, 2.05) is 63.2 Å². The second-order valence-corrected chi connectivity index (χ2v) is 13.4. The van der Waals surface area contributed by atoms with Crippen molar-refractivity contribution in [3.05, 3.63) is 131 Å². The molecule has 242 valence electrons. The fourth-order valence-corrected chi connectivity index (χ4v) is 6.68. The number of nitrogens with zero attached hydrogens (tertiary/aromatic N) is 2. The van der Waals surface area contributed by atoms with E-state index in [4.69, 9.17) is 0 Å². The number of rotatable bonds is 14. The number of halogens is 1. The number of carbonyl (C=O) groups excluding carboxylic acids is 2. The van der Waals surface area contributed by atoms with Crippen LogP contribution in [0.5, 0.6) is 0 Å². The lowest BCUT2D eigenvalue weighted by Gasteiger charge is -2.34. The highest BCUT2D eigenvalue weighted by Crippen LogP contribution is 2.29. The molecule has 0 bridgehead atoms. The van der Waals surface area contributed by atoms with Crippen LogP contribution in [0.2, 0.25) is 0 Å². The number of anilines is 1. The summed E-state index contributed by atoms with van der Waals surface area (Å²) in [5.74, 6) is -1.54. The van der Waals surface area contributed by atoms with Gasteiger partial charge < -0.3 is 10.2 Å². The van der Waals surface area contributed by atoms with E-state index in [-0.39, 0.29) is 29.3 Å². The van der Waals surface area contributed by atoms with Crippen molar-refractivity contribution in [2.75, 3.05) is 17.4 Å². The molecule has 4 aromatic carbocycles. The summed E-state index contributed by atoms with van der Waals surface area (Å²) in [4.78, 5) is 29.7. The van der Waals surface area contributed by atoms with Crippen molar-refractivity contribution >= 4 is 27.5 Å². The van der Waals surface area contributed by atoms with Gasteiger partial charge in [-0.2, -0.15) is 0 Å². The van der Waals surface area contributed by atoms with Crippen molar-refractivity contribution in [3.8, 4) is 0 Å². The Morgan fingerprint density at radius 3 is 2.17 bits per heavy atom. The van der Waals surface area contributed by atoms with Crippen LogP contribution in [-0.4, -0.2) is 44.3 Å². The predicted octanol–water partition coefficient (Wildman–Crippen LogP) is 6.50. The maximum absolute atomic E-state index is 15.1. The molecule has 0 aliphatic heterocycles. The molecule has 4 rings (SSSR count). The number of carbonyl (C=O) groups is 2. The standard InChI is InChI=1S/C37H42FN3O4S/c1-5-6-22-39-37(43)35(24-30-12-8-7-9-13-30)40(25-31-14-10-11-15-33(31)38)36(42)26-41(34-23-28(3)16-19-29(34)4)46(44,45)32-20-17-27(2)18-21-32/h7-21,23,35H,5-6,22,24-26H2,1-4H3,(H,39,43). The smallest absolute Gasteiger partial charge is 0.264 e. The first kappa shape index (κ1) is 34.4. The van der Waals surface area contributed by atoms with Crippen molar-refractivity contribution in [1.82, 2.24) is 10.2 Å². The highest BCUT2D eigenvalue weighted by molar-refractivity contribution is 7.92. The minimum Gasteiger partial charge on any atom is -0.354 e. The topological polar surface area (TPSA) is 86.8 Å². The van der Waals surface area contributed by atoms with Crippen LogP contribution in [-0.2, 0) is 32.6 Å². The zero-order chi connectivity index (χ0) is 33.3. The van der Waals surface area contributed by atoms with E-state index in [0.29, 0.717) is 17.8 Å². The summed E-state index contributed by atoms with van der Waals surface area (Å²) in [6.07, 6.45) is 1.77. The molecular formula is C37H42FN3O4S. The Kier molecular flexibility index (Phi) is 11.7. The molecule has 7 nitrogen and oxygen atoms in total. The molecule has 0 aliphatic rings. The van der Waals surface area contributed by atoms with Gasteiger partial charge in [-0.15, -0.1) is 0 Å². The largest absolute Gasteiger partial charge is 0.354 e. The van der Waals surface area contributed by atoms with Gasteiger partial charge in [0.2, 0.25) is 11.8 Å². The van der Waals surface area contributed by atoms with Gasteiger partial charge in [0.05, 0.1) is 10.6 Å². The van der Waals surface area contributed by atoms with Crippen molar-refractivity contribution in [2.45, 2.75) is 64.4 Å². The van der Waals surface area contributed by atoms with Gasteiger partial charge in [0, 0.05) is 25.1 Å². The summed E-state index contributed by atoms with van der Waals surface area (Å²) in [5.41, 5.74) is 3.75. The van der Waals surface area contributed by atoms with Crippen molar-refractivity contribution in [1.29, 1.82) is 0 Å². The summed E-state index contributed by atoms with van der Waals surface area (Å²) in [6.45, 7) is 7.10. The third-order valence-corrected chi connectivity index (χ3v) is 9.69. The SMILES string of the molecule is CCCCNC(=O)C(Cc1ccccc1)N(Cc1ccccc1F)C(=O)CN(c1cc(C)ccc1C)S(=O)(=O)c1ccc(C)cc1. The molecule has 0 radical (unpaired) electrons. The number of benzene rings is 4. The third kappa shape index (κ3) is 8.60. The number of aryl methyl sites for hydroxylation is 3. The molecule has 0 saturated heterocycles. The number of nitrogens with one attached hydrogen (secondary N) is 1. The Morgan fingerprint density at radius 2 is 1.50 bits per heavy atom. The Bertz CT molecular complexity index is 1740. The third-order valence-electron chi connectivity index (χ3n) is 7.92. The minimum absolute atomic E-state index is 0.0330. The molecular weight excluding hydrogens is 601 g/mol. The fraction of sp³-hybridized carbons (Fsp3) is 0.297. The number of unbranched alkanes of at least 4 members (excludes halogenated alkanes) is 1. The second kappa shape index (κ2) is 15.7. The van der Waals surface area contributed by atoms with Crippen LogP contribution in [0.15, 0.2) is 102 Å². The summed E-state index contributed by atoms with van der Waals surface area (Å²) >= 11 is 0. The molecule has 1 unspecified atom stereocenters. The Balaban J connectivity index is 1.83. The molecule has 1 N–H and O–H groups in total. The normalized spacial score (nSPS) is 11.9. The predicted molar refractivity (Wildman–Crippen MR) is 180 cm³/mol. The van der Waals surface area contributed by atoms with Crippen LogP contribution in [0.1, 0.15) is 47.6 Å². The number of hydrogen-bond donors (Lipinski definition) is 1. The van der Waals surface area contributed by atoms with Gasteiger partial charge >= 0.3 is 0 Å². The molecule has 0 aromatic heterocycles. The maximum Gasteiger partial charge on any atom is 0.264 e. The highest BCUT2D eigenvalue weighted by atomic mass is 32.2. The molecule has 4 aromatic rings. The van der Waals surface area contributed by atoms with Crippen molar-refractivity contribution in [2.24, 2.45) is 0 Å². The van der Waals surface area contributed by atoms with Crippen LogP contribution in [0.3, 0.4) is 0 Å². The first-order valence-corrected chi connectivity index (χ1v) is 17.0. The minimum atomic E-state index is -4.23. The van der Waals surface area contributed by atoms with Crippen molar-refractivity contribution in [3.63, 3.8) is 0 Å². The first-order chi connectivity index (χ1) is 22.0. The van der Waals surface area contributed by atoms with Gasteiger partial charge in [-0.3, -0.25) is 13.9 Å². The quantitative estimate of drug-likeness (QED) is 0.159. The van der Waals surface area contributed by atoms with E-state index in [1.165, 1.54) is 23.1 Å². The van der Waals surface area contributed by atoms with E-state index in [2.05, 4.69) is 5.32 Å². The Labute approximate surface area is 272 Å². The first-order valence-electron chi connectivity index (χ1n) is 15.5. The highest BCUT2D eigenvalue weighted by Gasteiger charge is 2.35. The van der Waals surface area contributed by atoms with Gasteiger partial charge in [-0.05, 0) is 68.1 Å². The fourth-order valence-electron chi connectivity index (χ4n) is 5.21. The maximum atomic E-state index is 15.1. The van der Waals surface area contributed by atoms with Gasteiger partial charge in [-0.25, -0.2) is 12.8 Å². The van der Waals surface area contributed by atoms with Gasteiger partial charge in [0.1, 0.15) is 18.4 Å². The van der Waals surface area contributed by atoms with E-state index >= 15 is 4.39 Å². The van der Waals surface area contributed by atoms with Crippen LogP contribution in [0, 0.1) is 26.6 Å². The second-order valence-electron chi connectivity index (χ2n) is 11.6. The van der Waals surface area contributed by atoms with Crippen LogP contribution in [0.25, 0.3) is 0 Å². The zero-order valence-electron chi connectivity index (χ0n) is 26.9. The molecule has 0 spiro atoms. The van der Waals surface area contributed by atoms with E-state index in [1.54, 1.807) is 43.3 Å². The summed E-state index contributed by atoms with van der Waals surface area (Å²) in [7, 11) is -4.23. The zero-order valence-corrected chi connectivity index (χ0v) is 27.7. The summed E-state index contributed by atoms with van der Waals surface area (Å²) in [6, 6.07) is 26.2. The molecule has 0 aliphatic carbocycles. The van der Waals surface area contributed by atoms with E-state index in [9.17, 15) is 18.0 Å². The Hall–Kier alpha value is -4.50. The van der Waals surface area contributed by atoms with E-state index in [0.717, 1.165) is 33.8 Å². The molecule has 46 heavy (non-hydrogen) atoms. The Morgan fingerprint density at radius 1 is 0.848 bits per heavy atom. The van der Waals surface area contributed by atoms with Crippen LogP contribution in [0.4, 0.5) is 10.1 Å². The number of amides is 2. The lowest BCUT2D eigenvalue weighted by molar-refractivity contribution is -0.140. The molecule has 0 heterocycles. The molecule has 9 heteroatoms. The number of hydrogen-bond acceptors (Lipinski definition) is 4. The average Bonchev–Trinajstić information content (AvgIpc) is 3.04. The molecule has 0 fully saturated rings. The molecule has 0 saturated carbocycles. The molecule has 1 atom stereocenters. The average molecular weight is 644 g/mol. The molecule has 2 amide bonds. The van der Waals surface area contributed by atoms with Crippen molar-refractivity contribution < 1.29 is 22.4 Å². The summed E-state index contributed by atoms with van der Waals surface area (Å²) < 4.78 is 44.7. The number of sulfonamides is 1. The van der Waals surface area contributed by atoms with Crippen LogP contribution >= 0.6 is 0 Å². The van der Waals surface area contributed by atoms with E-state index < -0.39 is 34.3 Å².